The molecule has 0 fully saturated rings. The zero-order valence-corrected chi connectivity index (χ0v) is 8.83. The molecule has 0 aliphatic rings. The average Bonchev–Trinajstić information content (AvgIpc) is 2.65. The van der Waals surface area contributed by atoms with Crippen molar-refractivity contribution in [2.45, 2.75) is 13.5 Å². The van der Waals surface area contributed by atoms with Crippen molar-refractivity contribution in [2.75, 3.05) is 0 Å². The predicted molar refractivity (Wildman–Crippen MR) is 59.2 cm³/mol. The van der Waals surface area contributed by atoms with Gasteiger partial charge in [-0.05, 0) is 18.6 Å². The van der Waals surface area contributed by atoms with Crippen LogP contribution in [0.5, 0.6) is 0 Å². The molecule has 0 radical (unpaired) electrons. The molecule has 1 heterocycles. The van der Waals surface area contributed by atoms with Crippen molar-refractivity contribution in [3.63, 3.8) is 0 Å². The largest absolute Gasteiger partial charge is 0.269 e. The molecule has 0 bridgehead atoms. The number of hydrogen-bond donors (Lipinski definition) is 0. The molecular formula is C11H11N3O2. The summed E-state index contributed by atoms with van der Waals surface area (Å²) in [4.78, 5) is 10.2. The Morgan fingerprint density at radius 2 is 2.25 bits per heavy atom. The fraction of sp³-hybridized carbons (Fsp3) is 0.182. The number of benzene rings is 1. The van der Waals surface area contributed by atoms with Crippen LogP contribution >= 0.6 is 0 Å². The Kier molecular flexibility index (Phi) is 2.68. The van der Waals surface area contributed by atoms with Gasteiger partial charge in [-0.15, -0.1) is 0 Å². The summed E-state index contributed by atoms with van der Waals surface area (Å²) in [7, 11) is 0. The maximum absolute atomic E-state index is 10.6. The van der Waals surface area contributed by atoms with Crippen LogP contribution in [0.3, 0.4) is 0 Å². The van der Waals surface area contributed by atoms with Crippen LogP contribution in [0.4, 0.5) is 5.69 Å². The van der Waals surface area contributed by atoms with E-state index in [9.17, 15) is 10.1 Å². The third-order valence-corrected chi connectivity index (χ3v) is 2.38. The van der Waals surface area contributed by atoms with E-state index in [1.54, 1.807) is 23.0 Å². The first-order valence-electron chi connectivity index (χ1n) is 4.88. The summed E-state index contributed by atoms with van der Waals surface area (Å²) < 4.78 is 1.80. The van der Waals surface area contributed by atoms with Crippen LogP contribution < -0.4 is 0 Å². The summed E-state index contributed by atoms with van der Waals surface area (Å²) in [6.07, 6.45) is 1.71. The Labute approximate surface area is 92.5 Å². The maximum atomic E-state index is 10.6. The van der Waals surface area contributed by atoms with Crippen molar-refractivity contribution in [1.29, 1.82) is 0 Å². The van der Waals surface area contributed by atoms with Gasteiger partial charge in [-0.1, -0.05) is 12.1 Å². The van der Waals surface area contributed by atoms with Gasteiger partial charge < -0.3 is 0 Å². The van der Waals surface area contributed by atoms with Crippen molar-refractivity contribution < 1.29 is 4.92 Å². The van der Waals surface area contributed by atoms with E-state index in [1.807, 2.05) is 19.1 Å². The van der Waals surface area contributed by atoms with Gasteiger partial charge in [0.2, 0.25) is 0 Å². The first kappa shape index (κ1) is 10.4. The molecule has 0 saturated carbocycles. The van der Waals surface area contributed by atoms with Gasteiger partial charge in [0.05, 0.1) is 11.5 Å². The second-order valence-electron chi connectivity index (χ2n) is 3.56. The fourth-order valence-corrected chi connectivity index (χ4v) is 1.51. The molecule has 2 rings (SSSR count). The Balaban J connectivity index is 2.25. The summed E-state index contributed by atoms with van der Waals surface area (Å²) in [5, 5.41) is 14.7. The number of nitrogens with zero attached hydrogens (tertiary/aromatic N) is 3. The smallest absolute Gasteiger partial charge is 0.265 e. The van der Waals surface area contributed by atoms with E-state index in [1.165, 1.54) is 6.07 Å². The van der Waals surface area contributed by atoms with E-state index < -0.39 is 0 Å². The van der Waals surface area contributed by atoms with E-state index in [-0.39, 0.29) is 10.6 Å². The molecule has 1 aromatic heterocycles. The number of nitro groups is 1. The second kappa shape index (κ2) is 4.14. The molecule has 0 saturated heterocycles. The molecule has 16 heavy (non-hydrogen) atoms. The van der Waals surface area contributed by atoms with Gasteiger partial charge in [-0.2, -0.15) is 5.10 Å². The van der Waals surface area contributed by atoms with E-state index in [0.717, 1.165) is 11.3 Å². The lowest BCUT2D eigenvalue weighted by atomic mass is 10.2. The van der Waals surface area contributed by atoms with E-state index in [2.05, 4.69) is 5.10 Å². The number of nitro benzene ring substituents is 1. The molecule has 0 atom stereocenters. The van der Waals surface area contributed by atoms with Gasteiger partial charge in [0.25, 0.3) is 5.69 Å². The van der Waals surface area contributed by atoms with Gasteiger partial charge in [0, 0.05) is 24.0 Å². The Morgan fingerprint density at radius 1 is 1.44 bits per heavy atom. The zero-order chi connectivity index (χ0) is 11.5. The Hall–Kier alpha value is -2.17. The first-order chi connectivity index (χ1) is 7.66. The summed E-state index contributed by atoms with van der Waals surface area (Å²) in [5.74, 6) is 0. The number of aromatic nitrogens is 2. The van der Waals surface area contributed by atoms with Crippen molar-refractivity contribution in [1.82, 2.24) is 9.78 Å². The fourth-order valence-electron chi connectivity index (χ4n) is 1.51. The third-order valence-electron chi connectivity index (χ3n) is 2.38. The average molecular weight is 217 g/mol. The highest BCUT2D eigenvalue weighted by Crippen LogP contribution is 2.14. The molecule has 0 aliphatic carbocycles. The minimum Gasteiger partial charge on any atom is -0.265 e. The Morgan fingerprint density at radius 3 is 2.88 bits per heavy atom. The molecule has 5 heteroatoms. The molecule has 0 unspecified atom stereocenters. The van der Waals surface area contributed by atoms with Crippen molar-refractivity contribution in [2.24, 2.45) is 0 Å². The normalized spacial score (nSPS) is 10.3. The highest BCUT2D eigenvalue weighted by Gasteiger charge is 2.06. The number of non-ortho nitro benzene ring substituents is 1. The maximum Gasteiger partial charge on any atom is 0.269 e. The number of aryl methyl sites for hydroxylation is 1. The second-order valence-corrected chi connectivity index (χ2v) is 3.56. The van der Waals surface area contributed by atoms with Gasteiger partial charge in [0.1, 0.15) is 0 Å². The van der Waals surface area contributed by atoms with Gasteiger partial charge in [-0.25, -0.2) is 0 Å². The minimum absolute atomic E-state index is 0.113. The topological polar surface area (TPSA) is 61.0 Å². The number of hydrogen-bond acceptors (Lipinski definition) is 3. The summed E-state index contributed by atoms with van der Waals surface area (Å²) in [5.41, 5.74) is 2.02. The van der Waals surface area contributed by atoms with E-state index in [0.29, 0.717) is 6.54 Å². The van der Waals surface area contributed by atoms with Crippen LogP contribution in [0.2, 0.25) is 0 Å². The van der Waals surface area contributed by atoms with Crippen LogP contribution in [0.1, 0.15) is 11.3 Å². The van der Waals surface area contributed by atoms with Crippen molar-refractivity contribution >= 4 is 5.69 Å². The van der Waals surface area contributed by atoms with Crippen LogP contribution in [0.15, 0.2) is 36.5 Å². The molecule has 1 aromatic carbocycles. The third kappa shape index (κ3) is 2.08. The summed E-state index contributed by atoms with van der Waals surface area (Å²) in [6.45, 7) is 2.50. The lowest BCUT2D eigenvalue weighted by Gasteiger charge is -2.04. The monoisotopic (exact) mass is 217 g/mol. The standard InChI is InChI=1S/C11H11N3O2/c1-9-5-6-12-13(9)8-10-3-2-4-11(7-10)14(15)16/h2-7H,8H2,1H3. The highest BCUT2D eigenvalue weighted by molar-refractivity contribution is 5.34. The zero-order valence-electron chi connectivity index (χ0n) is 8.83. The minimum atomic E-state index is -0.389. The molecule has 2 aromatic rings. The van der Waals surface area contributed by atoms with Crippen LogP contribution in [0, 0.1) is 17.0 Å². The molecule has 82 valence electrons. The van der Waals surface area contributed by atoms with E-state index in [4.69, 9.17) is 0 Å². The molecule has 0 aliphatic heterocycles. The summed E-state index contributed by atoms with van der Waals surface area (Å²) >= 11 is 0. The van der Waals surface area contributed by atoms with Crippen molar-refractivity contribution in [3.8, 4) is 0 Å². The molecular weight excluding hydrogens is 206 g/mol. The summed E-state index contributed by atoms with van der Waals surface area (Å²) in [6, 6.07) is 8.50. The quantitative estimate of drug-likeness (QED) is 0.584. The molecule has 0 amide bonds. The molecule has 0 N–H and O–H groups in total. The lowest BCUT2D eigenvalue weighted by molar-refractivity contribution is -0.384. The number of rotatable bonds is 3. The van der Waals surface area contributed by atoms with E-state index >= 15 is 0 Å². The predicted octanol–water partition coefficient (Wildman–Crippen LogP) is 2.15. The van der Waals surface area contributed by atoms with Gasteiger partial charge >= 0.3 is 0 Å². The van der Waals surface area contributed by atoms with Crippen molar-refractivity contribution in [3.05, 3.63) is 57.9 Å². The molecule has 0 spiro atoms. The van der Waals surface area contributed by atoms with Crippen LogP contribution in [-0.2, 0) is 6.54 Å². The first-order valence-corrected chi connectivity index (χ1v) is 4.88. The lowest BCUT2D eigenvalue weighted by Crippen LogP contribution is -2.03. The van der Waals surface area contributed by atoms with Gasteiger partial charge in [-0.3, -0.25) is 14.8 Å². The highest BCUT2D eigenvalue weighted by atomic mass is 16.6. The van der Waals surface area contributed by atoms with Gasteiger partial charge in [0.15, 0.2) is 0 Å². The Bertz CT molecular complexity index is 519. The molecule has 5 nitrogen and oxygen atoms in total. The van der Waals surface area contributed by atoms with Crippen LogP contribution in [0.25, 0.3) is 0 Å². The van der Waals surface area contributed by atoms with Crippen LogP contribution in [-0.4, -0.2) is 14.7 Å². The SMILES string of the molecule is Cc1ccnn1Cc1cccc([N+](=O)[O-])c1.